The first-order valence-electron chi connectivity index (χ1n) is 9.63. The number of carbonyl (C=O) groups is 2. The van der Waals surface area contributed by atoms with Gasteiger partial charge in [0, 0.05) is 43.6 Å². The lowest BCUT2D eigenvalue weighted by atomic mass is 9.89. The maximum absolute atomic E-state index is 12.8. The molecule has 154 valence electrons. The van der Waals surface area contributed by atoms with Gasteiger partial charge in [0.1, 0.15) is 0 Å². The number of piperidine rings is 1. The summed E-state index contributed by atoms with van der Waals surface area (Å²) in [6, 6.07) is 16.2. The molecule has 0 N–H and O–H groups in total. The highest BCUT2D eigenvalue weighted by Gasteiger charge is 2.29. The van der Waals surface area contributed by atoms with Crippen molar-refractivity contribution in [1.82, 2.24) is 4.90 Å². The molecule has 0 saturated carbocycles. The largest absolute Gasteiger partial charge is 0.324 e. The van der Waals surface area contributed by atoms with Crippen LogP contribution in [0, 0.1) is 5.92 Å². The van der Waals surface area contributed by atoms with Gasteiger partial charge in [0.15, 0.2) is 15.6 Å². The van der Waals surface area contributed by atoms with Crippen LogP contribution in [0.25, 0.3) is 0 Å². The predicted octanol–water partition coefficient (Wildman–Crippen LogP) is 3.38. The molecule has 1 aliphatic heterocycles. The van der Waals surface area contributed by atoms with Crippen molar-refractivity contribution in [3.63, 3.8) is 0 Å². The summed E-state index contributed by atoms with van der Waals surface area (Å²) in [6.45, 7) is 1.08. The fourth-order valence-electron chi connectivity index (χ4n) is 3.61. The van der Waals surface area contributed by atoms with Crippen LogP contribution in [0.3, 0.4) is 0 Å². The maximum Gasteiger partial charge on any atom is 0.324 e. The number of hydrogen-bond donors (Lipinski definition) is 0. The van der Waals surface area contributed by atoms with Crippen LogP contribution in [-0.2, 0) is 15.6 Å². The molecule has 0 atom stereocenters. The van der Waals surface area contributed by atoms with E-state index in [1.165, 1.54) is 6.26 Å². The zero-order valence-corrected chi connectivity index (χ0v) is 17.6. The van der Waals surface area contributed by atoms with E-state index in [2.05, 4.69) is 0 Å². The number of Topliss-reactive ketones (excluding diaryl/α,β-unsaturated/α-hetero) is 1. The minimum atomic E-state index is -3.10. The molecule has 2 aromatic rings. The minimum absolute atomic E-state index is 0.0309. The number of anilines is 1. The van der Waals surface area contributed by atoms with E-state index >= 15 is 0 Å². The molecule has 1 aliphatic rings. The number of urea groups is 1. The van der Waals surface area contributed by atoms with Gasteiger partial charge >= 0.3 is 6.03 Å². The number of rotatable bonds is 5. The first-order chi connectivity index (χ1) is 13.7. The second-order valence-electron chi connectivity index (χ2n) is 7.57. The monoisotopic (exact) mass is 414 g/mol. The molecule has 29 heavy (non-hydrogen) atoms. The minimum Gasteiger partial charge on any atom is -0.324 e. The number of benzene rings is 2. The Kier molecular flexibility index (Phi) is 6.37. The van der Waals surface area contributed by atoms with Crippen molar-refractivity contribution < 1.29 is 18.0 Å². The molecule has 2 amide bonds. The van der Waals surface area contributed by atoms with E-state index in [0.717, 1.165) is 5.69 Å². The molecule has 3 rings (SSSR count). The number of amides is 2. The van der Waals surface area contributed by atoms with Gasteiger partial charge in [0.05, 0.1) is 5.75 Å². The molecule has 1 heterocycles. The Labute approximate surface area is 172 Å². The number of carbonyl (C=O) groups excluding carboxylic acids is 2. The molecule has 1 saturated heterocycles. The Morgan fingerprint density at radius 2 is 1.59 bits per heavy atom. The number of sulfone groups is 1. The normalized spacial score (nSPS) is 15.2. The van der Waals surface area contributed by atoms with E-state index in [-0.39, 0.29) is 23.5 Å². The average molecular weight is 415 g/mol. The Balaban J connectivity index is 1.57. The quantitative estimate of drug-likeness (QED) is 0.703. The molecule has 1 fully saturated rings. The molecule has 0 aliphatic carbocycles. The third kappa shape index (κ3) is 5.44. The summed E-state index contributed by atoms with van der Waals surface area (Å²) < 4.78 is 22.8. The maximum atomic E-state index is 12.8. The Bertz CT molecular complexity index is 964. The summed E-state index contributed by atoms with van der Waals surface area (Å²) in [6.07, 6.45) is 2.44. The second-order valence-corrected chi connectivity index (χ2v) is 9.71. The van der Waals surface area contributed by atoms with Gasteiger partial charge in [-0.3, -0.25) is 9.69 Å². The summed E-state index contributed by atoms with van der Waals surface area (Å²) in [5.41, 5.74) is 2.10. The van der Waals surface area contributed by atoms with Crippen LogP contribution >= 0.6 is 0 Å². The highest BCUT2D eigenvalue weighted by molar-refractivity contribution is 7.89. The zero-order valence-electron chi connectivity index (χ0n) is 16.7. The van der Waals surface area contributed by atoms with Gasteiger partial charge < -0.3 is 4.90 Å². The van der Waals surface area contributed by atoms with Crippen LogP contribution in [0.1, 0.15) is 28.8 Å². The van der Waals surface area contributed by atoms with E-state index in [1.54, 1.807) is 41.1 Å². The van der Waals surface area contributed by atoms with Crippen LogP contribution in [0.5, 0.6) is 0 Å². The van der Waals surface area contributed by atoms with Gasteiger partial charge in [-0.1, -0.05) is 42.5 Å². The number of ketones is 1. The highest BCUT2D eigenvalue weighted by Crippen LogP contribution is 2.24. The lowest BCUT2D eigenvalue weighted by Gasteiger charge is -2.34. The molecular formula is C22H26N2O4S. The lowest BCUT2D eigenvalue weighted by Crippen LogP contribution is -2.46. The van der Waals surface area contributed by atoms with Crippen molar-refractivity contribution in [3.8, 4) is 0 Å². The van der Waals surface area contributed by atoms with E-state index in [0.29, 0.717) is 37.1 Å². The third-order valence-corrected chi connectivity index (χ3v) is 6.09. The van der Waals surface area contributed by atoms with Gasteiger partial charge in [0.25, 0.3) is 0 Å². The smallest absolute Gasteiger partial charge is 0.324 e. The average Bonchev–Trinajstić information content (AvgIpc) is 2.72. The topological polar surface area (TPSA) is 74.8 Å². The number of nitrogens with zero attached hydrogens (tertiary/aromatic N) is 2. The fourth-order valence-corrected chi connectivity index (χ4v) is 4.41. The SMILES string of the molecule is CN(C(=O)N1CCC(C(=O)c2ccc(CS(C)(=O)=O)cc2)CC1)c1ccccc1. The van der Waals surface area contributed by atoms with E-state index in [9.17, 15) is 18.0 Å². The molecule has 0 bridgehead atoms. The van der Waals surface area contributed by atoms with Crippen LogP contribution in [-0.4, -0.2) is 51.5 Å². The standard InChI is InChI=1S/C22H26N2O4S/c1-23(20-6-4-3-5-7-20)22(26)24-14-12-19(13-15-24)21(25)18-10-8-17(9-11-18)16-29(2,27)28/h3-11,19H,12-16H2,1-2H3. The second kappa shape index (κ2) is 8.78. The summed E-state index contributed by atoms with van der Waals surface area (Å²) in [5.74, 6) is -0.0991. The van der Waals surface area contributed by atoms with E-state index in [1.807, 2.05) is 30.3 Å². The fraction of sp³-hybridized carbons (Fsp3) is 0.364. The van der Waals surface area contributed by atoms with Crippen LogP contribution in [0.2, 0.25) is 0 Å². The van der Waals surface area contributed by atoms with Crippen molar-refractivity contribution in [3.05, 3.63) is 65.7 Å². The Morgan fingerprint density at radius 3 is 2.14 bits per heavy atom. The summed E-state index contributed by atoms with van der Waals surface area (Å²) >= 11 is 0. The molecule has 0 radical (unpaired) electrons. The van der Waals surface area contributed by atoms with Gasteiger partial charge in [-0.25, -0.2) is 13.2 Å². The molecule has 0 unspecified atom stereocenters. The van der Waals surface area contributed by atoms with Crippen LogP contribution in [0.4, 0.5) is 10.5 Å². The van der Waals surface area contributed by atoms with Crippen LogP contribution < -0.4 is 4.90 Å². The molecule has 0 aromatic heterocycles. The van der Waals surface area contributed by atoms with Crippen molar-refractivity contribution in [2.45, 2.75) is 18.6 Å². The first kappa shape index (κ1) is 21.0. The molecule has 6 nitrogen and oxygen atoms in total. The number of likely N-dealkylation sites (tertiary alicyclic amines) is 1. The number of hydrogen-bond acceptors (Lipinski definition) is 4. The van der Waals surface area contributed by atoms with Crippen molar-refractivity contribution in [2.75, 3.05) is 31.3 Å². The Morgan fingerprint density at radius 1 is 1.00 bits per heavy atom. The van der Waals surface area contributed by atoms with Gasteiger partial charge in [-0.2, -0.15) is 0 Å². The third-order valence-electron chi connectivity index (χ3n) is 5.23. The molecule has 2 aromatic carbocycles. The Hall–Kier alpha value is -2.67. The van der Waals surface area contributed by atoms with Gasteiger partial charge in [-0.15, -0.1) is 0 Å². The van der Waals surface area contributed by atoms with Crippen LogP contribution in [0.15, 0.2) is 54.6 Å². The van der Waals surface area contributed by atoms with E-state index < -0.39 is 9.84 Å². The zero-order chi connectivity index (χ0) is 21.0. The van der Waals surface area contributed by atoms with Gasteiger partial charge in [-0.05, 0) is 30.5 Å². The molecule has 7 heteroatoms. The molecule has 0 spiro atoms. The highest BCUT2D eigenvalue weighted by atomic mass is 32.2. The van der Waals surface area contributed by atoms with E-state index in [4.69, 9.17) is 0 Å². The lowest BCUT2D eigenvalue weighted by molar-refractivity contribution is 0.0857. The van der Waals surface area contributed by atoms with Crippen molar-refractivity contribution in [2.24, 2.45) is 5.92 Å². The van der Waals surface area contributed by atoms with Crippen molar-refractivity contribution >= 4 is 27.3 Å². The predicted molar refractivity (Wildman–Crippen MR) is 114 cm³/mol. The summed E-state index contributed by atoms with van der Waals surface area (Å²) in [4.78, 5) is 28.9. The number of para-hydroxylation sites is 1. The first-order valence-corrected chi connectivity index (χ1v) is 11.7. The van der Waals surface area contributed by atoms with Gasteiger partial charge in [0.2, 0.25) is 0 Å². The summed E-state index contributed by atoms with van der Waals surface area (Å²) in [7, 11) is -1.34. The molecular weight excluding hydrogens is 388 g/mol. The summed E-state index contributed by atoms with van der Waals surface area (Å²) in [5, 5.41) is 0. The van der Waals surface area contributed by atoms with Crippen molar-refractivity contribution in [1.29, 1.82) is 0 Å².